The van der Waals surface area contributed by atoms with Crippen LogP contribution >= 0.6 is 11.3 Å². The van der Waals surface area contributed by atoms with E-state index in [-0.39, 0.29) is 0 Å². The number of piperidine rings is 1. The van der Waals surface area contributed by atoms with Crippen LogP contribution in [0.1, 0.15) is 20.3 Å². The number of hydrazine groups is 1. The topological polar surface area (TPSA) is 67.1 Å². The molecule has 102 valence electrons. The standard InChI is InChI=1S/C13H19N5S/c1-8-5-9(2)7-18(6-8)11-10-3-4-19-12(10)16-13(15-11)17-14/h3-4,8-9H,5-7,14H2,1-2H3,(H,15,16,17). The Morgan fingerprint density at radius 2 is 2.05 bits per heavy atom. The van der Waals surface area contributed by atoms with Crippen molar-refractivity contribution in [2.24, 2.45) is 17.7 Å². The molecule has 1 fully saturated rings. The number of thiophene rings is 1. The number of nitrogen functional groups attached to an aromatic ring is 1. The van der Waals surface area contributed by atoms with Crippen molar-refractivity contribution in [3.63, 3.8) is 0 Å². The van der Waals surface area contributed by atoms with Crippen LogP contribution in [0.2, 0.25) is 0 Å². The number of rotatable bonds is 2. The van der Waals surface area contributed by atoms with Crippen molar-refractivity contribution >= 4 is 33.3 Å². The molecule has 0 spiro atoms. The SMILES string of the molecule is CC1CC(C)CN(c2nc(NN)nc3sccc23)C1. The Kier molecular flexibility index (Phi) is 3.28. The van der Waals surface area contributed by atoms with Crippen LogP contribution in [0.25, 0.3) is 10.2 Å². The summed E-state index contributed by atoms with van der Waals surface area (Å²) in [6.07, 6.45) is 1.29. The predicted octanol–water partition coefficient (Wildman–Crippen LogP) is 2.46. The molecule has 2 aromatic rings. The predicted molar refractivity (Wildman–Crippen MR) is 80.4 cm³/mol. The molecule has 0 aromatic carbocycles. The Morgan fingerprint density at radius 3 is 2.74 bits per heavy atom. The van der Waals surface area contributed by atoms with Crippen molar-refractivity contribution in [1.82, 2.24) is 9.97 Å². The third kappa shape index (κ3) is 2.37. The fourth-order valence-electron chi connectivity index (χ4n) is 2.98. The summed E-state index contributed by atoms with van der Waals surface area (Å²) >= 11 is 1.62. The molecule has 0 bridgehead atoms. The van der Waals surface area contributed by atoms with E-state index in [4.69, 9.17) is 5.84 Å². The van der Waals surface area contributed by atoms with E-state index in [9.17, 15) is 0 Å². The molecular formula is C13H19N5S. The molecule has 2 atom stereocenters. The van der Waals surface area contributed by atoms with Crippen molar-refractivity contribution in [3.8, 4) is 0 Å². The number of aromatic nitrogens is 2. The molecule has 2 aromatic heterocycles. The van der Waals surface area contributed by atoms with Crippen LogP contribution in [0.3, 0.4) is 0 Å². The average molecular weight is 277 g/mol. The Morgan fingerprint density at radius 1 is 1.32 bits per heavy atom. The monoisotopic (exact) mass is 277 g/mol. The number of nitrogens with one attached hydrogen (secondary N) is 1. The second kappa shape index (κ2) is 4.94. The third-order valence-electron chi connectivity index (χ3n) is 3.60. The molecular weight excluding hydrogens is 258 g/mol. The second-order valence-corrected chi connectivity index (χ2v) is 6.40. The summed E-state index contributed by atoms with van der Waals surface area (Å²) in [5, 5.41) is 3.19. The number of nitrogens with two attached hydrogens (primary N) is 1. The highest BCUT2D eigenvalue weighted by molar-refractivity contribution is 7.16. The van der Waals surface area contributed by atoms with Gasteiger partial charge in [-0.25, -0.2) is 10.8 Å². The first-order valence-corrected chi connectivity index (χ1v) is 7.52. The highest BCUT2D eigenvalue weighted by atomic mass is 32.1. The van der Waals surface area contributed by atoms with Crippen molar-refractivity contribution in [2.45, 2.75) is 20.3 Å². The lowest BCUT2D eigenvalue weighted by Crippen LogP contribution is -2.39. The van der Waals surface area contributed by atoms with Gasteiger partial charge in [0.25, 0.3) is 0 Å². The molecule has 3 N–H and O–H groups in total. The molecule has 5 nitrogen and oxygen atoms in total. The minimum atomic E-state index is 0.496. The normalized spacial score (nSPS) is 23.8. The summed E-state index contributed by atoms with van der Waals surface area (Å²) in [6.45, 7) is 6.71. The number of anilines is 2. The van der Waals surface area contributed by atoms with E-state index in [0.29, 0.717) is 17.8 Å². The van der Waals surface area contributed by atoms with Gasteiger partial charge in [-0.05, 0) is 29.7 Å². The van der Waals surface area contributed by atoms with Crippen molar-refractivity contribution in [3.05, 3.63) is 11.4 Å². The molecule has 6 heteroatoms. The second-order valence-electron chi connectivity index (χ2n) is 5.51. The summed E-state index contributed by atoms with van der Waals surface area (Å²) in [6, 6.07) is 2.10. The molecule has 1 aliphatic rings. The van der Waals surface area contributed by atoms with E-state index >= 15 is 0 Å². The van der Waals surface area contributed by atoms with Crippen molar-refractivity contribution < 1.29 is 0 Å². The number of fused-ring (bicyclic) bond motifs is 1. The quantitative estimate of drug-likeness (QED) is 0.652. The molecule has 19 heavy (non-hydrogen) atoms. The molecule has 3 heterocycles. The summed E-state index contributed by atoms with van der Waals surface area (Å²) in [5.74, 6) is 8.37. The van der Waals surface area contributed by atoms with E-state index < -0.39 is 0 Å². The van der Waals surface area contributed by atoms with Crippen LogP contribution in [0.15, 0.2) is 11.4 Å². The van der Waals surface area contributed by atoms with Gasteiger partial charge in [0.15, 0.2) is 0 Å². The molecule has 0 saturated carbocycles. The molecule has 0 aliphatic carbocycles. The molecule has 2 unspecified atom stereocenters. The van der Waals surface area contributed by atoms with Gasteiger partial charge < -0.3 is 4.90 Å². The highest BCUT2D eigenvalue weighted by Crippen LogP contribution is 2.32. The molecule has 0 amide bonds. The van der Waals surface area contributed by atoms with E-state index in [1.54, 1.807) is 11.3 Å². The van der Waals surface area contributed by atoms with Crippen LogP contribution in [0, 0.1) is 11.8 Å². The van der Waals surface area contributed by atoms with Crippen LogP contribution in [-0.2, 0) is 0 Å². The zero-order valence-corrected chi connectivity index (χ0v) is 12.1. The lowest BCUT2D eigenvalue weighted by molar-refractivity contribution is 0.356. The Labute approximate surface area is 116 Å². The minimum absolute atomic E-state index is 0.496. The van der Waals surface area contributed by atoms with Gasteiger partial charge in [-0.15, -0.1) is 11.3 Å². The van der Waals surface area contributed by atoms with E-state index in [2.05, 4.69) is 45.6 Å². The number of hydrogen-bond donors (Lipinski definition) is 2. The maximum Gasteiger partial charge on any atom is 0.240 e. The zero-order valence-electron chi connectivity index (χ0n) is 11.3. The maximum absolute atomic E-state index is 5.47. The van der Waals surface area contributed by atoms with Gasteiger partial charge in [-0.3, -0.25) is 5.43 Å². The van der Waals surface area contributed by atoms with Gasteiger partial charge >= 0.3 is 0 Å². The van der Waals surface area contributed by atoms with Gasteiger partial charge in [-0.1, -0.05) is 13.8 Å². The number of nitrogens with zero attached hydrogens (tertiary/aromatic N) is 3. The molecule has 1 saturated heterocycles. The number of hydrogen-bond acceptors (Lipinski definition) is 6. The molecule has 0 radical (unpaired) electrons. The smallest absolute Gasteiger partial charge is 0.240 e. The first-order chi connectivity index (χ1) is 9.17. The van der Waals surface area contributed by atoms with Crippen LogP contribution in [0.4, 0.5) is 11.8 Å². The Hall–Kier alpha value is -1.40. The third-order valence-corrected chi connectivity index (χ3v) is 4.41. The van der Waals surface area contributed by atoms with Gasteiger partial charge in [0.2, 0.25) is 5.95 Å². The zero-order chi connectivity index (χ0) is 13.4. The fourth-order valence-corrected chi connectivity index (χ4v) is 3.74. The van der Waals surface area contributed by atoms with Gasteiger partial charge in [0.1, 0.15) is 10.6 Å². The van der Waals surface area contributed by atoms with Crippen LogP contribution in [-0.4, -0.2) is 23.1 Å². The fraction of sp³-hybridized carbons (Fsp3) is 0.538. The summed E-state index contributed by atoms with van der Waals surface area (Å²) in [7, 11) is 0. The van der Waals surface area contributed by atoms with Crippen molar-refractivity contribution in [2.75, 3.05) is 23.4 Å². The van der Waals surface area contributed by atoms with Gasteiger partial charge in [-0.2, -0.15) is 4.98 Å². The van der Waals surface area contributed by atoms with Gasteiger partial charge in [0.05, 0.1) is 5.39 Å². The average Bonchev–Trinajstić information content (AvgIpc) is 2.84. The summed E-state index contributed by atoms with van der Waals surface area (Å²) < 4.78 is 0. The minimum Gasteiger partial charge on any atom is -0.355 e. The Balaban J connectivity index is 2.05. The van der Waals surface area contributed by atoms with Crippen LogP contribution in [0.5, 0.6) is 0 Å². The molecule has 1 aliphatic heterocycles. The first kappa shape index (κ1) is 12.6. The van der Waals surface area contributed by atoms with Gasteiger partial charge in [0, 0.05) is 13.1 Å². The first-order valence-electron chi connectivity index (χ1n) is 6.64. The molecule has 3 rings (SSSR count). The maximum atomic E-state index is 5.47. The Bertz CT molecular complexity index is 571. The summed E-state index contributed by atoms with van der Waals surface area (Å²) in [4.78, 5) is 12.3. The van der Waals surface area contributed by atoms with Crippen molar-refractivity contribution in [1.29, 1.82) is 0 Å². The van der Waals surface area contributed by atoms with E-state index in [0.717, 1.165) is 29.1 Å². The van der Waals surface area contributed by atoms with E-state index in [1.165, 1.54) is 6.42 Å². The lowest BCUT2D eigenvalue weighted by Gasteiger charge is -2.36. The van der Waals surface area contributed by atoms with Crippen LogP contribution < -0.4 is 16.2 Å². The lowest BCUT2D eigenvalue weighted by atomic mass is 9.92. The summed E-state index contributed by atoms with van der Waals surface area (Å²) in [5.41, 5.74) is 2.57. The van der Waals surface area contributed by atoms with E-state index in [1.807, 2.05) is 0 Å². The largest absolute Gasteiger partial charge is 0.355 e. The highest BCUT2D eigenvalue weighted by Gasteiger charge is 2.24.